The third kappa shape index (κ3) is 3.85. The molecule has 0 amide bonds. The van der Waals surface area contributed by atoms with Crippen LogP contribution in [0.5, 0.6) is 0 Å². The van der Waals surface area contributed by atoms with Crippen LogP contribution in [0.15, 0.2) is 107 Å². The van der Waals surface area contributed by atoms with Crippen LogP contribution in [-0.4, -0.2) is 23.5 Å². The molecule has 34 heavy (non-hydrogen) atoms. The van der Waals surface area contributed by atoms with Gasteiger partial charge in [0.1, 0.15) is 0 Å². The van der Waals surface area contributed by atoms with E-state index < -0.39 is 24.0 Å². The Bertz CT molecular complexity index is 1260. The molecule has 1 atom stereocenters. The van der Waals surface area contributed by atoms with Crippen LogP contribution in [0.1, 0.15) is 34.2 Å². The Kier molecular flexibility index (Phi) is 6.26. The van der Waals surface area contributed by atoms with Gasteiger partial charge in [0, 0.05) is 0 Å². The summed E-state index contributed by atoms with van der Waals surface area (Å²) in [6.07, 6.45) is 3.82. The van der Waals surface area contributed by atoms with Crippen molar-refractivity contribution >= 4 is 29.1 Å². The first-order chi connectivity index (χ1) is 16.5. The predicted molar refractivity (Wildman–Crippen MR) is 146 cm³/mol. The van der Waals surface area contributed by atoms with Crippen molar-refractivity contribution in [1.29, 1.82) is 0 Å². The predicted octanol–water partition coefficient (Wildman–Crippen LogP) is 5.01. The van der Waals surface area contributed by atoms with Gasteiger partial charge in [-0.25, -0.2) is 0 Å². The molecule has 0 aromatic heterocycles. The summed E-state index contributed by atoms with van der Waals surface area (Å²) >= 11 is -3.71. The SMILES string of the molecule is Cc1cccc[c]1[Sn](/[CH]=C\C1(O)CCc2ccccc21)([c]1ccccc1C)[c]1ccccc1C. The molecule has 170 valence electrons. The van der Waals surface area contributed by atoms with Gasteiger partial charge in [-0.3, -0.25) is 0 Å². The fourth-order valence-corrected chi connectivity index (χ4v) is 20.4. The standard InChI is InChI=1S/C11H11O.3C7H7.Sn/c1-2-11(12)8-7-9-5-3-4-6-10(9)11;3*1-7-5-3-2-4-6-7;/h1-6,12H,7-8H2;3*2-5H,1H3;. The van der Waals surface area contributed by atoms with Crippen LogP contribution in [0, 0.1) is 20.8 Å². The van der Waals surface area contributed by atoms with E-state index in [9.17, 15) is 5.11 Å². The molecular weight excluding hydrogens is 519 g/mol. The van der Waals surface area contributed by atoms with Crippen molar-refractivity contribution in [1.82, 2.24) is 0 Å². The van der Waals surface area contributed by atoms with Gasteiger partial charge < -0.3 is 0 Å². The van der Waals surface area contributed by atoms with Crippen LogP contribution in [-0.2, 0) is 12.0 Å². The van der Waals surface area contributed by atoms with Gasteiger partial charge in [0.15, 0.2) is 0 Å². The molecule has 0 spiro atoms. The molecule has 1 N–H and O–H groups in total. The zero-order chi connectivity index (χ0) is 23.8. The molecular formula is C32H32OSn. The zero-order valence-corrected chi connectivity index (χ0v) is 23.1. The first-order valence-corrected chi connectivity index (χ1v) is 18.1. The van der Waals surface area contributed by atoms with Crippen LogP contribution in [0.25, 0.3) is 0 Å². The molecule has 0 heterocycles. The second-order valence-electron chi connectivity index (χ2n) is 9.67. The van der Waals surface area contributed by atoms with Crippen LogP contribution >= 0.6 is 0 Å². The van der Waals surface area contributed by atoms with E-state index in [0.717, 1.165) is 18.4 Å². The maximum atomic E-state index is 11.9. The van der Waals surface area contributed by atoms with Crippen LogP contribution in [0.3, 0.4) is 0 Å². The molecule has 4 aromatic carbocycles. The maximum absolute atomic E-state index is 11.9. The molecule has 0 radical (unpaired) electrons. The molecule has 1 aliphatic rings. The van der Waals surface area contributed by atoms with Crippen LogP contribution in [0.4, 0.5) is 0 Å². The van der Waals surface area contributed by atoms with Crippen LogP contribution < -0.4 is 10.7 Å². The van der Waals surface area contributed by atoms with E-state index >= 15 is 0 Å². The Morgan fingerprint density at radius 2 is 1.09 bits per heavy atom. The average molecular weight is 551 g/mol. The van der Waals surface area contributed by atoms with Gasteiger partial charge in [0.25, 0.3) is 0 Å². The molecule has 0 fully saturated rings. The summed E-state index contributed by atoms with van der Waals surface area (Å²) in [5.74, 6) is 0. The number of aliphatic hydroxyl groups is 1. The number of aryl methyl sites for hydroxylation is 4. The van der Waals surface area contributed by atoms with E-state index in [-0.39, 0.29) is 0 Å². The van der Waals surface area contributed by atoms with E-state index in [1.807, 2.05) is 6.07 Å². The first-order valence-electron chi connectivity index (χ1n) is 12.2. The Morgan fingerprint density at radius 3 is 1.59 bits per heavy atom. The molecule has 0 saturated carbocycles. The monoisotopic (exact) mass is 552 g/mol. The number of benzene rings is 4. The number of fused-ring (bicyclic) bond motifs is 1. The van der Waals surface area contributed by atoms with Crippen molar-refractivity contribution < 1.29 is 5.11 Å². The van der Waals surface area contributed by atoms with Gasteiger partial charge in [0.2, 0.25) is 0 Å². The second-order valence-corrected chi connectivity index (χ2v) is 19.8. The Labute approximate surface area is 207 Å². The molecule has 0 saturated heterocycles. The average Bonchev–Trinajstić information content (AvgIpc) is 3.19. The molecule has 1 unspecified atom stereocenters. The normalized spacial score (nSPS) is 17.8. The van der Waals surface area contributed by atoms with Gasteiger partial charge in [-0.1, -0.05) is 0 Å². The Morgan fingerprint density at radius 1 is 0.647 bits per heavy atom. The van der Waals surface area contributed by atoms with Crippen molar-refractivity contribution in [2.45, 2.75) is 39.2 Å². The van der Waals surface area contributed by atoms with Crippen molar-refractivity contribution in [2.24, 2.45) is 0 Å². The fourth-order valence-electron chi connectivity index (χ4n) is 5.81. The van der Waals surface area contributed by atoms with Crippen molar-refractivity contribution in [3.05, 3.63) is 135 Å². The third-order valence-corrected chi connectivity index (χ3v) is 21.6. The number of hydrogen-bond acceptors (Lipinski definition) is 1. The van der Waals surface area contributed by atoms with E-state index in [1.165, 1.54) is 33.0 Å². The molecule has 4 aromatic rings. The molecule has 1 aliphatic carbocycles. The first kappa shape index (κ1) is 23.1. The topological polar surface area (TPSA) is 20.2 Å². The van der Waals surface area contributed by atoms with E-state index in [2.05, 4.69) is 122 Å². The molecule has 0 aliphatic heterocycles. The van der Waals surface area contributed by atoms with Gasteiger partial charge in [-0.2, -0.15) is 0 Å². The number of hydrogen-bond donors (Lipinski definition) is 1. The summed E-state index contributed by atoms with van der Waals surface area (Å²) < 4.78 is 6.84. The van der Waals surface area contributed by atoms with Crippen molar-refractivity contribution in [3.63, 3.8) is 0 Å². The third-order valence-electron chi connectivity index (χ3n) is 7.58. The molecule has 5 rings (SSSR count). The van der Waals surface area contributed by atoms with Crippen molar-refractivity contribution in [2.75, 3.05) is 0 Å². The van der Waals surface area contributed by atoms with Crippen molar-refractivity contribution in [3.8, 4) is 0 Å². The zero-order valence-electron chi connectivity index (χ0n) is 20.3. The minimum atomic E-state index is -3.71. The Hall–Kier alpha value is -2.62. The minimum absolute atomic E-state index is 0.736. The summed E-state index contributed by atoms with van der Waals surface area (Å²) in [5.41, 5.74) is 5.38. The molecule has 0 bridgehead atoms. The molecule has 1 nitrogen and oxygen atoms in total. The fraction of sp³-hybridized carbons (Fsp3) is 0.188. The van der Waals surface area contributed by atoms with Crippen LogP contribution in [0.2, 0.25) is 0 Å². The van der Waals surface area contributed by atoms with E-state index in [4.69, 9.17) is 0 Å². The second kappa shape index (κ2) is 9.20. The van der Waals surface area contributed by atoms with Gasteiger partial charge in [-0.15, -0.1) is 0 Å². The summed E-state index contributed by atoms with van der Waals surface area (Å²) in [5, 5.41) is 11.9. The summed E-state index contributed by atoms with van der Waals surface area (Å²) in [6, 6.07) is 35.0. The van der Waals surface area contributed by atoms with E-state index in [0.29, 0.717) is 0 Å². The van der Waals surface area contributed by atoms with Gasteiger partial charge >= 0.3 is 208 Å². The Balaban J connectivity index is 1.84. The van der Waals surface area contributed by atoms with Gasteiger partial charge in [0.05, 0.1) is 0 Å². The summed E-state index contributed by atoms with van der Waals surface area (Å²) in [7, 11) is 0. The quantitative estimate of drug-likeness (QED) is 0.346. The van der Waals surface area contributed by atoms with Gasteiger partial charge in [-0.05, 0) is 0 Å². The number of rotatable bonds is 5. The summed E-state index contributed by atoms with van der Waals surface area (Å²) in [4.78, 5) is 0. The summed E-state index contributed by atoms with van der Waals surface area (Å²) in [6.45, 7) is 6.72. The van der Waals surface area contributed by atoms with E-state index in [1.54, 1.807) is 0 Å². The molecule has 2 heteroatoms.